The van der Waals surface area contributed by atoms with E-state index in [0.29, 0.717) is 12.0 Å². The number of aryl methyl sites for hydroxylation is 1. The standard InChI is InChI=1S/C15H26N2S/c1-10-5-6-13(14(16)7-10)15(3,4)8-12-9-18-11(2)17-12/h9-10,13-14H,5-8,16H2,1-4H3. The second-order valence-electron chi connectivity index (χ2n) is 6.71. The smallest absolute Gasteiger partial charge is 0.0897 e. The lowest BCUT2D eigenvalue weighted by Gasteiger charge is -2.42. The van der Waals surface area contributed by atoms with Gasteiger partial charge in [0.05, 0.1) is 10.7 Å². The molecule has 2 N–H and O–H groups in total. The molecule has 3 atom stereocenters. The van der Waals surface area contributed by atoms with E-state index in [1.807, 2.05) is 0 Å². The van der Waals surface area contributed by atoms with Gasteiger partial charge in [-0.15, -0.1) is 11.3 Å². The Hall–Kier alpha value is -0.410. The Balaban J connectivity index is 2.05. The largest absolute Gasteiger partial charge is 0.327 e. The predicted molar refractivity (Wildman–Crippen MR) is 78.8 cm³/mol. The Morgan fingerprint density at radius 2 is 2.17 bits per heavy atom. The molecule has 0 aromatic carbocycles. The van der Waals surface area contributed by atoms with E-state index in [-0.39, 0.29) is 5.41 Å². The average Bonchev–Trinajstić information content (AvgIpc) is 2.62. The minimum absolute atomic E-state index is 0.264. The van der Waals surface area contributed by atoms with Crippen LogP contribution >= 0.6 is 11.3 Å². The molecule has 1 heterocycles. The second kappa shape index (κ2) is 5.30. The third-order valence-electron chi connectivity index (χ3n) is 4.47. The van der Waals surface area contributed by atoms with E-state index >= 15 is 0 Å². The number of nitrogens with zero attached hydrogens (tertiary/aromatic N) is 1. The summed E-state index contributed by atoms with van der Waals surface area (Å²) in [4.78, 5) is 4.61. The Labute approximate surface area is 115 Å². The highest BCUT2D eigenvalue weighted by atomic mass is 32.1. The molecule has 18 heavy (non-hydrogen) atoms. The highest BCUT2D eigenvalue weighted by Crippen LogP contribution is 2.41. The van der Waals surface area contributed by atoms with Crippen LogP contribution < -0.4 is 5.73 Å². The Kier molecular flexibility index (Phi) is 4.12. The van der Waals surface area contributed by atoms with Crippen LogP contribution in [0.5, 0.6) is 0 Å². The van der Waals surface area contributed by atoms with Gasteiger partial charge < -0.3 is 5.73 Å². The molecule has 0 bridgehead atoms. The van der Waals surface area contributed by atoms with Crippen LogP contribution in [0.2, 0.25) is 0 Å². The van der Waals surface area contributed by atoms with Crippen molar-refractivity contribution in [2.24, 2.45) is 23.0 Å². The van der Waals surface area contributed by atoms with Gasteiger partial charge in [0.15, 0.2) is 0 Å². The number of aromatic nitrogens is 1. The molecular formula is C15H26N2S. The zero-order valence-corrected chi connectivity index (χ0v) is 12.9. The molecule has 0 aliphatic heterocycles. The normalized spacial score (nSPS) is 29.5. The molecule has 3 unspecified atom stereocenters. The monoisotopic (exact) mass is 266 g/mol. The molecule has 2 nitrogen and oxygen atoms in total. The van der Waals surface area contributed by atoms with E-state index in [2.05, 4.69) is 38.1 Å². The van der Waals surface area contributed by atoms with Gasteiger partial charge in [-0.05, 0) is 43.4 Å². The van der Waals surface area contributed by atoms with Crippen LogP contribution in [0.1, 0.15) is 50.7 Å². The van der Waals surface area contributed by atoms with Crippen molar-refractivity contribution in [2.45, 2.75) is 59.4 Å². The third kappa shape index (κ3) is 3.12. The summed E-state index contributed by atoms with van der Waals surface area (Å²) in [5, 5.41) is 3.37. The van der Waals surface area contributed by atoms with Gasteiger partial charge in [-0.1, -0.05) is 27.2 Å². The Morgan fingerprint density at radius 1 is 1.44 bits per heavy atom. The number of nitrogens with two attached hydrogens (primary N) is 1. The van der Waals surface area contributed by atoms with E-state index < -0.39 is 0 Å². The zero-order chi connectivity index (χ0) is 13.3. The molecule has 1 aromatic rings. The zero-order valence-electron chi connectivity index (χ0n) is 12.1. The fourth-order valence-electron chi connectivity index (χ4n) is 3.48. The van der Waals surface area contributed by atoms with E-state index in [4.69, 9.17) is 5.73 Å². The molecule has 102 valence electrons. The van der Waals surface area contributed by atoms with Gasteiger partial charge in [0, 0.05) is 11.4 Å². The van der Waals surface area contributed by atoms with Crippen molar-refractivity contribution in [1.29, 1.82) is 0 Å². The molecule has 1 saturated carbocycles. The number of rotatable bonds is 3. The first-order valence-corrected chi connectivity index (χ1v) is 7.93. The van der Waals surface area contributed by atoms with E-state index in [1.54, 1.807) is 11.3 Å². The van der Waals surface area contributed by atoms with E-state index in [0.717, 1.165) is 12.3 Å². The van der Waals surface area contributed by atoms with Crippen molar-refractivity contribution >= 4 is 11.3 Å². The van der Waals surface area contributed by atoms with E-state index in [9.17, 15) is 0 Å². The summed E-state index contributed by atoms with van der Waals surface area (Å²) in [6.07, 6.45) is 4.85. The summed E-state index contributed by atoms with van der Waals surface area (Å²) < 4.78 is 0. The maximum Gasteiger partial charge on any atom is 0.0897 e. The maximum absolute atomic E-state index is 6.40. The first kappa shape index (κ1) is 14.0. The van der Waals surface area contributed by atoms with Crippen LogP contribution in [-0.4, -0.2) is 11.0 Å². The maximum atomic E-state index is 6.40. The van der Waals surface area contributed by atoms with Gasteiger partial charge in [-0.3, -0.25) is 0 Å². The van der Waals surface area contributed by atoms with Gasteiger partial charge in [-0.25, -0.2) is 4.98 Å². The van der Waals surface area contributed by atoms with E-state index in [1.165, 1.54) is 30.0 Å². The van der Waals surface area contributed by atoms with Crippen LogP contribution in [0.15, 0.2) is 5.38 Å². The van der Waals surface area contributed by atoms with Crippen molar-refractivity contribution < 1.29 is 0 Å². The van der Waals surface area contributed by atoms with Gasteiger partial charge >= 0.3 is 0 Å². The summed E-state index contributed by atoms with van der Waals surface area (Å²) >= 11 is 1.75. The van der Waals surface area contributed by atoms with Crippen LogP contribution in [0.3, 0.4) is 0 Å². The molecule has 1 aromatic heterocycles. The summed E-state index contributed by atoms with van der Waals surface area (Å²) in [5.74, 6) is 1.43. The second-order valence-corrected chi connectivity index (χ2v) is 7.77. The van der Waals surface area contributed by atoms with Gasteiger partial charge in [-0.2, -0.15) is 0 Å². The fraction of sp³-hybridized carbons (Fsp3) is 0.800. The first-order valence-electron chi connectivity index (χ1n) is 7.05. The average molecular weight is 266 g/mol. The molecule has 0 spiro atoms. The highest BCUT2D eigenvalue weighted by molar-refractivity contribution is 7.09. The van der Waals surface area contributed by atoms with Crippen molar-refractivity contribution in [3.05, 3.63) is 16.1 Å². The van der Waals surface area contributed by atoms with Crippen LogP contribution in [-0.2, 0) is 6.42 Å². The molecule has 2 rings (SSSR count). The summed E-state index contributed by atoms with van der Waals surface area (Å²) in [7, 11) is 0. The third-order valence-corrected chi connectivity index (χ3v) is 5.29. The number of hydrogen-bond donors (Lipinski definition) is 1. The van der Waals surface area contributed by atoms with Crippen molar-refractivity contribution in [3.63, 3.8) is 0 Å². The lowest BCUT2D eigenvalue weighted by Crippen LogP contribution is -2.44. The molecule has 0 amide bonds. The molecule has 0 saturated heterocycles. The van der Waals surface area contributed by atoms with Crippen LogP contribution in [0, 0.1) is 24.2 Å². The van der Waals surface area contributed by atoms with Gasteiger partial charge in [0.1, 0.15) is 0 Å². The molecule has 1 aliphatic carbocycles. The topological polar surface area (TPSA) is 38.9 Å². The SMILES string of the molecule is Cc1nc(CC(C)(C)C2CCC(C)CC2N)cs1. The quantitative estimate of drug-likeness (QED) is 0.904. The van der Waals surface area contributed by atoms with Gasteiger partial charge in [0.2, 0.25) is 0 Å². The molecular weight excluding hydrogens is 240 g/mol. The minimum atomic E-state index is 0.264. The van der Waals surface area contributed by atoms with Crippen molar-refractivity contribution in [1.82, 2.24) is 4.98 Å². The summed E-state index contributed by atoms with van der Waals surface area (Å²) in [6, 6.07) is 0.364. The lowest BCUT2D eigenvalue weighted by molar-refractivity contribution is 0.112. The first-order chi connectivity index (χ1) is 8.38. The fourth-order valence-corrected chi connectivity index (χ4v) is 4.10. The van der Waals surface area contributed by atoms with Gasteiger partial charge in [0.25, 0.3) is 0 Å². The molecule has 1 fully saturated rings. The number of hydrogen-bond acceptors (Lipinski definition) is 3. The highest BCUT2D eigenvalue weighted by Gasteiger charge is 2.37. The minimum Gasteiger partial charge on any atom is -0.327 e. The molecule has 0 radical (unpaired) electrons. The molecule has 1 aliphatic rings. The Morgan fingerprint density at radius 3 is 2.72 bits per heavy atom. The summed E-state index contributed by atoms with van der Waals surface area (Å²) in [5.41, 5.74) is 7.90. The predicted octanol–water partition coefficient (Wildman–Crippen LogP) is 3.78. The van der Waals surface area contributed by atoms with Crippen molar-refractivity contribution in [2.75, 3.05) is 0 Å². The lowest BCUT2D eigenvalue weighted by atomic mass is 9.65. The van der Waals surface area contributed by atoms with Crippen LogP contribution in [0.25, 0.3) is 0 Å². The number of thiazole rings is 1. The Bertz CT molecular complexity index is 397. The van der Waals surface area contributed by atoms with Crippen molar-refractivity contribution in [3.8, 4) is 0 Å². The molecule has 3 heteroatoms. The van der Waals surface area contributed by atoms with Crippen LogP contribution in [0.4, 0.5) is 0 Å². The summed E-state index contributed by atoms with van der Waals surface area (Å²) in [6.45, 7) is 9.13.